The zero-order valence-electron chi connectivity index (χ0n) is 11.9. The summed E-state index contributed by atoms with van der Waals surface area (Å²) in [6.07, 6.45) is 6.03. The summed E-state index contributed by atoms with van der Waals surface area (Å²) in [5, 5.41) is 16.8. The third-order valence-corrected chi connectivity index (χ3v) is 3.73. The molecule has 1 aliphatic rings. The van der Waals surface area contributed by atoms with E-state index in [0.29, 0.717) is 6.54 Å². The number of hydrogen-bond acceptors (Lipinski definition) is 5. The Morgan fingerprint density at radius 2 is 1.89 bits per heavy atom. The van der Waals surface area contributed by atoms with Crippen LogP contribution in [-0.2, 0) is 6.42 Å². The molecule has 3 N–H and O–H groups in total. The van der Waals surface area contributed by atoms with Gasteiger partial charge in [-0.3, -0.25) is 0 Å². The van der Waals surface area contributed by atoms with E-state index in [4.69, 9.17) is 0 Å². The Morgan fingerprint density at radius 3 is 2.53 bits per heavy atom. The third kappa shape index (κ3) is 3.80. The molecule has 1 saturated carbocycles. The highest BCUT2D eigenvalue weighted by molar-refractivity contribution is 5.47. The van der Waals surface area contributed by atoms with Gasteiger partial charge in [0.25, 0.3) is 0 Å². The van der Waals surface area contributed by atoms with Gasteiger partial charge in [-0.05, 0) is 12.8 Å². The van der Waals surface area contributed by atoms with Gasteiger partial charge in [0.1, 0.15) is 17.5 Å². The van der Waals surface area contributed by atoms with Crippen LogP contribution in [0.5, 0.6) is 0 Å². The molecule has 1 heterocycles. The van der Waals surface area contributed by atoms with Crippen LogP contribution in [0.2, 0.25) is 0 Å². The summed E-state index contributed by atoms with van der Waals surface area (Å²) in [6, 6.07) is 1.88. The van der Waals surface area contributed by atoms with Crippen molar-refractivity contribution in [3.05, 3.63) is 11.9 Å². The first kappa shape index (κ1) is 14.1. The number of nitrogens with zero attached hydrogens (tertiary/aromatic N) is 2. The summed E-state index contributed by atoms with van der Waals surface area (Å²) < 4.78 is 0. The van der Waals surface area contributed by atoms with Crippen LogP contribution < -0.4 is 10.6 Å². The molecule has 0 aromatic carbocycles. The molecule has 5 heteroatoms. The average Bonchev–Trinajstić information content (AvgIpc) is 2.45. The average molecular weight is 264 g/mol. The Balaban J connectivity index is 2.02. The molecule has 0 saturated heterocycles. The van der Waals surface area contributed by atoms with Crippen molar-refractivity contribution < 1.29 is 5.11 Å². The van der Waals surface area contributed by atoms with Gasteiger partial charge in [-0.15, -0.1) is 0 Å². The summed E-state index contributed by atoms with van der Waals surface area (Å²) in [6.45, 7) is 2.60. The monoisotopic (exact) mass is 264 g/mol. The first-order chi connectivity index (χ1) is 9.15. The summed E-state index contributed by atoms with van der Waals surface area (Å²) in [4.78, 5) is 8.80. The lowest BCUT2D eigenvalue weighted by Crippen LogP contribution is -2.39. The second-order valence-electron chi connectivity index (χ2n) is 5.30. The number of nitrogens with one attached hydrogen (secondary N) is 2. The minimum atomic E-state index is -0.574. The molecule has 5 nitrogen and oxygen atoms in total. The van der Waals surface area contributed by atoms with Gasteiger partial charge in [0, 0.05) is 26.1 Å². The highest BCUT2D eigenvalue weighted by atomic mass is 16.3. The molecule has 1 aliphatic carbocycles. The molecule has 19 heavy (non-hydrogen) atoms. The van der Waals surface area contributed by atoms with Crippen LogP contribution >= 0.6 is 0 Å². The van der Waals surface area contributed by atoms with Crippen molar-refractivity contribution in [2.45, 2.75) is 51.0 Å². The Morgan fingerprint density at radius 1 is 1.21 bits per heavy atom. The zero-order valence-corrected chi connectivity index (χ0v) is 11.9. The van der Waals surface area contributed by atoms with E-state index in [-0.39, 0.29) is 0 Å². The quantitative estimate of drug-likeness (QED) is 0.760. The molecule has 0 bridgehead atoms. The largest absolute Gasteiger partial charge is 0.388 e. The smallest absolute Gasteiger partial charge is 0.132 e. The van der Waals surface area contributed by atoms with E-state index in [1.807, 2.05) is 20.0 Å². The van der Waals surface area contributed by atoms with Crippen LogP contribution in [0.1, 0.15) is 44.9 Å². The summed E-state index contributed by atoms with van der Waals surface area (Å²) in [5.74, 6) is 2.41. The van der Waals surface area contributed by atoms with E-state index in [9.17, 15) is 5.11 Å². The second kappa shape index (κ2) is 6.19. The van der Waals surface area contributed by atoms with Gasteiger partial charge in [-0.1, -0.05) is 26.2 Å². The van der Waals surface area contributed by atoms with Crippen molar-refractivity contribution in [2.24, 2.45) is 0 Å². The van der Waals surface area contributed by atoms with Gasteiger partial charge in [-0.2, -0.15) is 0 Å². The molecular weight excluding hydrogens is 240 g/mol. The molecule has 0 unspecified atom stereocenters. The van der Waals surface area contributed by atoms with E-state index in [0.717, 1.165) is 49.6 Å². The molecule has 106 valence electrons. The minimum Gasteiger partial charge on any atom is -0.388 e. The lowest BCUT2D eigenvalue weighted by atomic mass is 9.85. The fraction of sp³-hybridized carbons (Fsp3) is 0.714. The lowest BCUT2D eigenvalue weighted by Gasteiger charge is -2.32. The van der Waals surface area contributed by atoms with E-state index >= 15 is 0 Å². The van der Waals surface area contributed by atoms with Crippen LogP contribution in [0.15, 0.2) is 6.07 Å². The molecule has 0 radical (unpaired) electrons. The van der Waals surface area contributed by atoms with Gasteiger partial charge in [-0.25, -0.2) is 9.97 Å². The summed E-state index contributed by atoms with van der Waals surface area (Å²) >= 11 is 0. The SMILES string of the molecule is CCc1nc(NC)cc(NCC2(O)CCCCC2)n1. The van der Waals surface area contributed by atoms with Crippen molar-refractivity contribution in [3.8, 4) is 0 Å². The molecule has 1 fully saturated rings. The van der Waals surface area contributed by atoms with E-state index in [2.05, 4.69) is 20.6 Å². The first-order valence-corrected chi connectivity index (χ1v) is 7.17. The number of anilines is 2. The van der Waals surface area contributed by atoms with Gasteiger partial charge in [0.2, 0.25) is 0 Å². The van der Waals surface area contributed by atoms with Crippen LogP contribution in [-0.4, -0.2) is 34.3 Å². The Labute approximate surface area is 114 Å². The maximum Gasteiger partial charge on any atom is 0.132 e. The van der Waals surface area contributed by atoms with Crippen molar-refractivity contribution >= 4 is 11.6 Å². The number of aliphatic hydroxyl groups is 1. The Kier molecular flexibility index (Phi) is 4.58. The molecule has 1 aromatic rings. The van der Waals surface area contributed by atoms with E-state index in [1.165, 1.54) is 6.42 Å². The maximum atomic E-state index is 10.5. The van der Waals surface area contributed by atoms with E-state index in [1.54, 1.807) is 0 Å². The fourth-order valence-electron chi connectivity index (χ4n) is 2.52. The van der Waals surface area contributed by atoms with Gasteiger partial charge in [0.15, 0.2) is 0 Å². The van der Waals surface area contributed by atoms with Crippen LogP contribution in [0.4, 0.5) is 11.6 Å². The van der Waals surface area contributed by atoms with Crippen LogP contribution in [0, 0.1) is 0 Å². The molecule has 0 atom stereocenters. The van der Waals surface area contributed by atoms with Gasteiger partial charge in [0.05, 0.1) is 5.60 Å². The number of rotatable bonds is 5. The van der Waals surface area contributed by atoms with Crippen LogP contribution in [0.25, 0.3) is 0 Å². The topological polar surface area (TPSA) is 70.1 Å². The molecule has 1 aromatic heterocycles. The Hall–Kier alpha value is -1.36. The number of hydrogen-bond donors (Lipinski definition) is 3. The number of aryl methyl sites for hydroxylation is 1. The minimum absolute atomic E-state index is 0.566. The Bertz CT molecular complexity index is 394. The lowest BCUT2D eigenvalue weighted by molar-refractivity contribution is 0.0166. The van der Waals surface area contributed by atoms with E-state index < -0.39 is 5.60 Å². The zero-order chi connectivity index (χ0) is 13.7. The van der Waals surface area contributed by atoms with Crippen LogP contribution in [0.3, 0.4) is 0 Å². The summed E-state index contributed by atoms with van der Waals surface area (Å²) in [5.41, 5.74) is -0.574. The maximum absolute atomic E-state index is 10.5. The highest BCUT2D eigenvalue weighted by Crippen LogP contribution is 2.28. The van der Waals surface area contributed by atoms with Gasteiger partial charge < -0.3 is 15.7 Å². The normalized spacial score (nSPS) is 18.1. The predicted octanol–water partition coefficient (Wildman–Crippen LogP) is 2.19. The third-order valence-electron chi connectivity index (χ3n) is 3.73. The highest BCUT2D eigenvalue weighted by Gasteiger charge is 2.28. The fourth-order valence-corrected chi connectivity index (χ4v) is 2.52. The molecule has 0 spiro atoms. The summed E-state index contributed by atoms with van der Waals surface area (Å²) in [7, 11) is 1.85. The number of aromatic nitrogens is 2. The van der Waals surface area contributed by atoms with Crippen molar-refractivity contribution in [3.63, 3.8) is 0 Å². The van der Waals surface area contributed by atoms with Gasteiger partial charge >= 0.3 is 0 Å². The molecule has 0 amide bonds. The molecule has 2 rings (SSSR count). The molecular formula is C14H24N4O. The second-order valence-corrected chi connectivity index (χ2v) is 5.30. The molecule has 0 aliphatic heterocycles. The van der Waals surface area contributed by atoms with Crippen molar-refractivity contribution in [1.29, 1.82) is 0 Å². The van der Waals surface area contributed by atoms with Crippen molar-refractivity contribution in [1.82, 2.24) is 9.97 Å². The predicted molar refractivity (Wildman–Crippen MR) is 77.5 cm³/mol. The first-order valence-electron chi connectivity index (χ1n) is 7.17. The standard InChI is InChI=1S/C14H24N4O/c1-3-11-17-12(15-2)9-13(18-11)16-10-14(19)7-5-4-6-8-14/h9,19H,3-8,10H2,1-2H3,(H2,15,16,17,18). The van der Waals surface area contributed by atoms with Crippen molar-refractivity contribution in [2.75, 3.05) is 24.2 Å².